The number of aliphatic hydroxyl groups is 1. The van der Waals surface area contributed by atoms with Crippen molar-refractivity contribution < 1.29 is 13.5 Å². The van der Waals surface area contributed by atoms with E-state index >= 15 is 0 Å². The van der Waals surface area contributed by atoms with Crippen LogP contribution in [0.3, 0.4) is 0 Å². The van der Waals surface area contributed by atoms with Crippen molar-refractivity contribution in [3.63, 3.8) is 0 Å². The van der Waals surface area contributed by atoms with Crippen molar-refractivity contribution in [2.45, 2.75) is 17.9 Å². The zero-order valence-corrected chi connectivity index (χ0v) is 12.0. The van der Waals surface area contributed by atoms with Gasteiger partial charge in [-0.25, -0.2) is 13.1 Å². The van der Waals surface area contributed by atoms with Gasteiger partial charge in [-0.05, 0) is 30.2 Å². The topological polar surface area (TPSA) is 66.4 Å². The molecule has 0 amide bonds. The molecule has 0 aliphatic rings. The van der Waals surface area contributed by atoms with Crippen LogP contribution in [0, 0.1) is 6.92 Å². The van der Waals surface area contributed by atoms with Crippen molar-refractivity contribution in [2.24, 2.45) is 0 Å². The standard InChI is InChI=1S/C15H17NO3S/c1-12-6-5-9-14(10-12)20(18,19)16-15(11-17)13-7-3-2-4-8-13/h2-10,15-17H,11H2,1H3/t15-/m1/s1. The lowest BCUT2D eigenvalue weighted by Crippen LogP contribution is -2.30. The van der Waals surface area contributed by atoms with Gasteiger partial charge in [0, 0.05) is 0 Å². The molecule has 5 heteroatoms. The fourth-order valence-electron chi connectivity index (χ4n) is 1.93. The van der Waals surface area contributed by atoms with E-state index in [1.165, 1.54) is 6.07 Å². The smallest absolute Gasteiger partial charge is 0.241 e. The molecule has 0 fully saturated rings. The van der Waals surface area contributed by atoms with E-state index in [9.17, 15) is 13.5 Å². The Morgan fingerprint density at radius 1 is 1.10 bits per heavy atom. The van der Waals surface area contributed by atoms with E-state index in [4.69, 9.17) is 0 Å². The number of benzene rings is 2. The maximum absolute atomic E-state index is 12.3. The van der Waals surface area contributed by atoms with E-state index in [-0.39, 0.29) is 11.5 Å². The fraction of sp³-hybridized carbons (Fsp3) is 0.200. The van der Waals surface area contributed by atoms with E-state index in [1.807, 2.05) is 19.1 Å². The summed E-state index contributed by atoms with van der Waals surface area (Å²) in [4.78, 5) is 0.201. The Bertz CT molecular complexity index is 669. The Hall–Kier alpha value is -1.69. The van der Waals surface area contributed by atoms with E-state index in [2.05, 4.69) is 4.72 Å². The third-order valence-corrected chi connectivity index (χ3v) is 4.45. The van der Waals surface area contributed by atoms with Gasteiger partial charge in [0.2, 0.25) is 10.0 Å². The van der Waals surface area contributed by atoms with Crippen LogP contribution in [-0.2, 0) is 10.0 Å². The normalized spacial score (nSPS) is 13.1. The first kappa shape index (κ1) is 14.7. The van der Waals surface area contributed by atoms with Gasteiger partial charge in [-0.3, -0.25) is 0 Å². The molecular formula is C15H17NO3S. The summed E-state index contributed by atoms with van der Waals surface area (Å²) < 4.78 is 27.1. The predicted octanol–water partition coefficient (Wildman–Crippen LogP) is 2.01. The lowest BCUT2D eigenvalue weighted by atomic mass is 10.1. The second-order valence-electron chi connectivity index (χ2n) is 4.58. The van der Waals surface area contributed by atoms with Crippen LogP contribution >= 0.6 is 0 Å². The summed E-state index contributed by atoms with van der Waals surface area (Å²) >= 11 is 0. The molecule has 20 heavy (non-hydrogen) atoms. The minimum Gasteiger partial charge on any atom is -0.394 e. The molecule has 2 aromatic carbocycles. The van der Waals surface area contributed by atoms with Crippen LogP contribution in [-0.4, -0.2) is 20.1 Å². The van der Waals surface area contributed by atoms with Crippen LogP contribution in [0.5, 0.6) is 0 Å². The monoisotopic (exact) mass is 291 g/mol. The zero-order valence-electron chi connectivity index (χ0n) is 11.2. The van der Waals surface area contributed by atoms with Crippen LogP contribution in [0.25, 0.3) is 0 Å². The Balaban J connectivity index is 2.27. The molecule has 0 spiro atoms. The SMILES string of the molecule is Cc1cccc(S(=O)(=O)N[C@H](CO)c2ccccc2)c1. The lowest BCUT2D eigenvalue weighted by Gasteiger charge is -2.17. The summed E-state index contributed by atoms with van der Waals surface area (Å²) in [6.45, 7) is 1.54. The van der Waals surface area contributed by atoms with Crippen molar-refractivity contribution in [3.05, 3.63) is 65.7 Å². The van der Waals surface area contributed by atoms with Crippen molar-refractivity contribution in [1.29, 1.82) is 0 Å². The van der Waals surface area contributed by atoms with Crippen molar-refractivity contribution in [3.8, 4) is 0 Å². The Morgan fingerprint density at radius 3 is 2.40 bits per heavy atom. The van der Waals surface area contributed by atoms with Gasteiger partial charge < -0.3 is 5.11 Å². The highest BCUT2D eigenvalue weighted by molar-refractivity contribution is 7.89. The summed E-state index contributed by atoms with van der Waals surface area (Å²) in [5.41, 5.74) is 1.60. The van der Waals surface area contributed by atoms with Gasteiger partial charge in [0.1, 0.15) is 0 Å². The first-order valence-electron chi connectivity index (χ1n) is 6.28. The molecule has 2 rings (SSSR count). The molecule has 0 aliphatic heterocycles. The number of aryl methyl sites for hydroxylation is 1. The molecule has 0 radical (unpaired) electrons. The minimum atomic E-state index is -3.65. The average molecular weight is 291 g/mol. The third kappa shape index (κ3) is 3.45. The molecule has 0 saturated heterocycles. The van der Waals surface area contributed by atoms with Crippen LogP contribution in [0.2, 0.25) is 0 Å². The second-order valence-corrected chi connectivity index (χ2v) is 6.30. The highest BCUT2D eigenvalue weighted by Crippen LogP contribution is 2.17. The van der Waals surface area contributed by atoms with E-state index in [0.717, 1.165) is 11.1 Å². The number of hydrogen-bond donors (Lipinski definition) is 2. The molecule has 0 bridgehead atoms. The molecule has 2 aromatic rings. The zero-order chi connectivity index (χ0) is 14.6. The molecule has 0 saturated carbocycles. The third-order valence-electron chi connectivity index (χ3n) is 2.98. The van der Waals surface area contributed by atoms with Crippen molar-refractivity contribution in [2.75, 3.05) is 6.61 Å². The van der Waals surface area contributed by atoms with E-state index < -0.39 is 16.1 Å². The molecule has 4 nitrogen and oxygen atoms in total. The molecule has 1 atom stereocenters. The summed E-state index contributed by atoms with van der Waals surface area (Å²) in [6.07, 6.45) is 0. The quantitative estimate of drug-likeness (QED) is 0.885. The minimum absolute atomic E-state index is 0.201. The van der Waals surface area contributed by atoms with Gasteiger partial charge >= 0.3 is 0 Å². The molecule has 106 valence electrons. The van der Waals surface area contributed by atoms with Crippen LogP contribution in [0.15, 0.2) is 59.5 Å². The van der Waals surface area contributed by atoms with Gasteiger partial charge in [0.05, 0.1) is 17.5 Å². The molecule has 0 heterocycles. The Kier molecular flexibility index (Phi) is 4.54. The maximum atomic E-state index is 12.3. The van der Waals surface area contributed by atoms with Gasteiger partial charge in [0.25, 0.3) is 0 Å². The maximum Gasteiger partial charge on any atom is 0.241 e. The average Bonchev–Trinajstić information content (AvgIpc) is 2.46. The first-order valence-corrected chi connectivity index (χ1v) is 7.76. The van der Waals surface area contributed by atoms with Gasteiger partial charge in [0.15, 0.2) is 0 Å². The summed E-state index contributed by atoms with van der Waals surface area (Å²) in [7, 11) is -3.65. The lowest BCUT2D eigenvalue weighted by molar-refractivity contribution is 0.259. The summed E-state index contributed by atoms with van der Waals surface area (Å²) in [5, 5.41) is 9.42. The van der Waals surface area contributed by atoms with Crippen molar-refractivity contribution in [1.82, 2.24) is 4.72 Å². The van der Waals surface area contributed by atoms with E-state index in [0.29, 0.717) is 0 Å². The first-order chi connectivity index (χ1) is 9.53. The van der Waals surface area contributed by atoms with Gasteiger partial charge in [-0.2, -0.15) is 0 Å². The Labute approximate surface area is 119 Å². The van der Waals surface area contributed by atoms with Crippen molar-refractivity contribution >= 4 is 10.0 Å². The number of nitrogens with one attached hydrogen (secondary N) is 1. The van der Waals surface area contributed by atoms with Crippen LogP contribution < -0.4 is 4.72 Å². The highest BCUT2D eigenvalue weighted by atomic mass is 32.2. The molecule has 0 aliphatic carbocycles. The fourth-order valence-corrected chi connectivity index (χ4v) is 3.25. The second kappa shape index (κ2) is 6.17. The summed E-state index contributed by atoms with van der Waals surface area (Å²) in [6, 6.07) is 15.0. The largest absolute Gasteiger partial charge is 0.394 e. The van der Waals surface area contributed by atoms with Gasteiger partial charge in [-0.1, -0.05) is 42.5 Å². The number of hydrogen-bond acceptors (Lipinski definition) is 3. The highest BCUT2D eigenvalue weighted by Gasteiger charge is 2.20. The van der Waals surface area contributed by atoms with Crippen LogP contribution in [0.4, 0.5) is 0 Å². The summed E-state index contributed by atoms with van der Waals surface area (Å²) in [5.74, 6) is 0. The molecular weight excluding hydrogens is 274 g/mol. The Morgan fingerprint density at radius 2 is 1.80 bits per heavy atom. The van der Waals surface area contributed by atoms with Crippen LogP contribution in [0.1, 0.15) is 17.2 Å². The number of sulfonamides is 1. The predicted molar refractivity (Wildman–Crippen MR) is 77.8 cm³/mol. The van der Waals surface area contributed by atoms with Gasteiger partial charge in [-0.15, -0.1) is 0 Å². The molecule has 0 aromatic heterocycles. The number of aliphatic hydroxyl groups excluding tert-OH is 1. The van der Waals surface area contributed by atoms with E-state index in [1.54, 1.807) is 36.4 Å². The number of rotatable bonds is 5. The molecule has 0 unspecified atom stereocenters. The molecule has 2 N–H and O–H groups in total.